The van der Waals surface area contributed by atoms with E-state index in [2.05, 4.69) is 10.5 Å². The SMILES string of the molecule is Cc1cc(N2C[C@]34C=CC(O3)C(C(=O)NCc3ccc5c(c3)OCO5)C4C2=O)no1. The van der Waals surface area contributed by atoms with Gasteiger partial charge in [0.25, 0.3) is 0 Å². The third kappa shape index (κ3) is 2.41. The average Bonchev–Trinajstić information content (AvgIpc) is 3.53. The van der Waals surface area contributed by atoms with Crippen molar-refractivity contribution in [1.29, 1.82) is 0 Å². The molecule has 0 radical (unpaired) electrons. The van der Waals surface area contributed by atoms with Crippen LogP contribution < -0.4 is 19.7 Å². The molecule has 1 aromatic carbocycles. The maximum Gasteiger partial charge on any atom is 0.235 e. The van der Waals surface area contributed by atoms with Crippen LogP contribution in [0.3, 0.4) is 0 Å². The monoisotopic (exact) mass is 409 g/mol. The second-order valence-corrected chi connectivity index (χ2v) is 8.03. The maximum absolute atomic E-state index is 13.2. The lowest BCUT2D eigenvalue weighted by atomic mass is 9.77. The van der Waals surface area contributed by atoms with E-state index in [0.29, 0.717) is 36.2 Å². The molecule has 0 aliphatic carbocycles. The van der Waals surface area contributed by atoms with Gasteiger partial charge in [0.1, 0.15) is 11.4 Å². The number of carbonyl (C=O) groups is 2. The van der Waals surface area contributed by atoms with Crippen LogP contribution in [0.2, 0.25) is 0 Å². The predicted octanol–water partition coefficient (Wildman–Crippen LogP) is 1.31. The molecule has 2 saturated heterocycles. The molecule has 2 fully saturated rings. The van der Waals surface area contributed by atoms with Crippen molar-refractivity contribution in [3.8, 4) is 11.5 Å². The number of benzene rings is 1. The number of nitrogens with one attached hydrogen (secondary N) is 1. The largest absolute Gasteiger partial charge is 0.454 e. The Morgan fingerprint density at radius 1 is 1.30 bits per heavy atom. The zero-order valence-electron chi connectivity index (χ0n) is 16.2. The molecule has 4 atom stereocenters. The van der Waals surface area contributed by atoms with Crippen LogP contribution in [0.5, 0.6) is 11.5 Å². The van der Waals surface area contributed by atoms with Crippen molar-refractivity contribution in [2.75, 3.05) is 18.2 Å². The molecule has 30 heavy (non-hydrogen) atoms. The van der Waals surface area contributed by atoms with Gasteiger partial charge in [0, 0.05) is 12.6 Å². The lowest BCUT2D eigenvalue weighted by Gasteiger charge is -2.23. The van der Waals surface area contributed by atoms with Gasteiger partial charge in [0.05, 0.1) is 24.5 Å². The maximum atomic E-state index is 13.2. The third-order valence-electron chi connectivity index (χ3n) is 6.20. The third-order valence-corrected chi connectivity index (χ3v) is 6.20. The van der Waals surface area contributed by atoms with Gasteiger partial charge < -0.3 is 24.1 Å². The summed E-state index contributed by atoms with van der Waals surface area (Å²) in [5.41, 5.74) is 0.0920. The summed E-state index contributed by atoms with van der Waals surface area (Å²) in [5, 5.41) is 6.91. The molecule has 4 aliphatic heterocycles. The topological polar surface area (TPSA) is 103 Å². The first-order chi connectivity index (χ1) is 14.5. The fourth-order valence-electron chi connectivity index (χ4n) is 4.83. The van der Waals surface area contributed by atoms with Crippen molar-refractivity contribution in [2.45, 2.75) is 25.2 Å². The van der Waals surface area contributed by atoms with Crippen LogP contribution in [-0.2, 0) is 20.9 Å². The number of ether oxygens (including phenoxy) is 3. The predicted molar refractivity (Wildman–Crippen MR) is 102 cm³/mol. The van der Waals surface area contributed by atoms with Crippen LogP contribution in [0.25, 0.3) is 0 Å². The lowest BCUT2D eigenvalue weighted by molar-refractivity contribution is -0.132. The molecule has 0 saturated carbocycles. The summed E-state index contributed by atoms with van der Waals surface area (Å²) < 4.78 is 21.9. The second-order valence-electron chi connectivity index (χ2n) is 8.03. The van der Waals surface area contributed by atoms with E-state index in [9.17, 15) is 9.59 Å². The van der Waals surface area contributed by atoms with E-state index in [1.807, 2.05) is 30.4 Å². The van der Waals surface area contributed by atoms with Gasteiger partial charge >= 0.3 is 0 Å². The molecule has 4 aliphatic rings. The highest BCUT2D eigenvalue weighted by molar-refractivity contribution is 6.02. The quantitative estimate of drug-likeness (QED) is 0.760. The number of fused-ring (bicyclic) bond motifs is 2. The number of amides is 2. The van der Waals surface area contributed by atoms with E-state index >= 15 is 0 Å². The number of hydrogen-bond acceptors (Lipinski definition) is 7. The van der Waals surface area contributed by atoms with Crippen molar-refractivity contribution in [2.24, 2.45) is 11.8 Å². The van der Waals surface area contributed by atoms with Gasteiger partial charge in [-0.15, -0.1) is 0 Å². The van der Waals surface area contributed by atoms with Crippen molar-refractivity contribution >= 4 is 17.6 Å². The molecule has 9 nitrogen and oxygen atoms in total. The first-order valence-electron chi connectivity index (χ1n) is 9.82. The molecule has 5 heterocycles. The van der Waals surface area contributed by atoms with E-state index in [1.54, 1.807) is 17.9 Å². The zero-order chi connectivity index (χ0) is 20.5. The summed E-state index contributed by atoms with van der Waals surface area (Å²) in [6.07, 6.45) is 3.39. The van der Waals surface area contributed by atoms with E-state index in [1.165, 1.54) is 0 Å². The van der Waals surface area contributed by atoms with E-state index in [-0.39, 0.29) is 18.6 Å². The Bertz CT molecular complexity index is 1090. The normalized spacial score (nSPS) is 30.2. The smallest absolute Gasteiger partial charge is 0.235 e. The Labute approximate surface area is 171 Å². The van der Waals surface area contributed by atoms with Gasteiger partial charge in [0.2, 0.25) is 18.6 Å². The highest BCUT2D eigenvalue weighted by Crippen LogP contribution is 2.52. The summed E-state index contributed by atoms with van der Waals surface area (Å²) in [7, 11) is 0. The number of carbonyl (C=O) groups excluding carboxylic acids is 2. The van der Waals surface area contributed by atoms with E-state index < -0.39 is 23.5 Å². The van der Waals surface area contributed by atoms with Crippen LogP contribution in [0.4, 0.5) is 5.82 Å². The molecular weight excluding hydrogens is 390 g/mol. The van der Waals surface area contributed by atoms with Gasteiger partial charge in [-0.3, -0.25) is 14.5 Å². The van der Waals surface area contributed by atoms with E-state index in [0.717, 1.165) is 5.56 Å². The van der Waals surface area contributed by atoms with Crippen LogP contribution in [0.15, 0.2) is 40.9 Å². The van der Waals surface area contributed by atoms with E-state index in [4.69, 9.17) is 18.7 Å². The van der Waals surface area contributed by atoms with Gasteiger partial charge in [-0.2, -0.15) is 0 Å². The molecule has 154 valence electrons. The molecule has 2 amide bonds. The molecule has 9 heteroatoms. The van der Waals surface area contributed by atoms with Gasteiger partial charge in [-0.05, 0) is 24.6 Å². The molecule has 1 spiro atoms. The Hall–Kier alpha value is -3.33. The van der Waals surface area contributed by atoms with Crippen molar-refractivity contribution in [3.05, 3.63) is 47.7 Å². The lowest BCUT2D eigenvalue weighted by Crippen LogP contribution is -2.44. The first-order valence-corrected chi connectivity index (χ1v) is 9.82. The minimum absolute atomic E-state index is 0.168. The van der Waals surface area contributed by atoms with Crippen LogP contribution in [-0.4, -0.2) is 42.0 Å². The molecule has 1 N–H and O–H groups in total. The Balaban J connectivity index is 1.21. The highest BCUT2D eigenvalue weighted by atomic mass is 16.7. The van der Waals surface area contributed by atoms with Crippen molar-refractivity contribution < 1.29 is 28.3 Å². The number of anilines is 1. The summed E-state index contributed by atoms with van der Waals surface area (Å²) >= 11 is 0. The minimum Gasteiger partial charge on any atom is -0.454 e. The van der Waals surface area contributed by atoms with Crippen LogP contribution >= 0.6 is 0 Å². The summed E-state index contributed by atoms with van der Waals surface area (Å²) in [6, 6.07) is 7.25. The van der Waals surface area contributed by atoms with Gasteiger partial charge in [-0.1, -0.05) is 23.4 Å². The zero-order valence-corrected chi connectivity index (χ0v) is 16.2. The number of rotatable bonds is 4. The van der Waals surface area contributed by atoms with Crippen molar-refractivity contribution in [1.82, 2.24) is 10.5 Å². The number of aryl methyl sites for hydroxylation is 1. The van der Waals surface area contributed by atoms with Crippen LogP contribution in [0, 0.1) is 18.8 Å². The van der Waals surface area contributed by atoms with Crippen molar-refractivity contribution in [3.63, 3.8) is 0 Å². The number of aromatic nitrogens is 1. The second kappa shape index (κ2) is 6.09. The molecular formula is C21H19N3O6. The minimum atomic E-state index is -0.796. The molecule has 2 aromatic rings. The standard InChI is InChI=1S/C21H19N3O6/c1-11-6-16(23-30-11)24-9-21-5-4-14(29-21)17(18(21)20(24)26)19(25)22-8-12-2-3-13-15(7-12)28-10-27-13/h2-7,14,17-18H,8-10H2,1H3,(H,22,25)/t14?,17?,18?,21-/m0/s1. The van der Waals surface area contributed by atoms with Crippen LogP contribution in [0.1, 0.15) is 11.3 Å². The van der Waals surface area contributed by atoms with Gasteiger partial charge in [0.15, 0.2) is 17.3 Å². The number of hydrogen-bond donors (Lipinski definition) is 1. The summed E-state index contributed by atoms with van der Waals surface area (Å²) in [6.45, 7) is 2.61. The fourth-order valence-corrected chi connectivity index (χ4v) is 4.83. The summed E-state index contributed by atoms with van der Waals surface area (Å²) in [4.78, 5) is 27.9. The Morgan fingerprint density at radius 2 is 2.17 bits per heavy atom. The first kappa shape index (κ1) is 17.5. The Morgan fingerprint density at radius 3 is 3.00 bits per heavy atom. The fraction of sp³-hybridized carbons (Fsp3) is 0.381. The number of nitrogens with zero attached hydrogens (tertiary/aromatic N) is 2. The molecule has 3 unspecified atom stereocenters. The average molecular weight is 409 g/mol. The van der Waals surface area contributed by atoms with Gasteiger partial charge in [-0.25, -0.2) is 0 Å². The molecule has 2 bridgehead atoms. The summed E-state index contributed by atoms with van der Waals surface area (Å²) in [5.74, 6) is 0.872. The molecule has 1 aromatic heterocycles. The Kier molecular flexibility index (Phi) is 3.55. The molecule has 6 rings (SSSR count). The highest BCUT2D eigenvalue weighted by Gasteiger charge is 2.67.